The van der Waals surface area contributed by atoms with E-state index in [1.807, 2.05) is 0 Å². The maximum atomic E-state index is 12.9. The van der Waals surface area contributed by atoms with Gasteiger partial charge in [-0.3, -0.25) is 4.72 Å². The van der Waals surface area contributed by atoms with Gasteiger partial charge >= 0.3 is 0 Å². The highest BCUT2D eigenvalue weighted by atomic mass is 35.5. The number of aromatic nitrogens is 2. The van der Waals surface area contributed by atoms with Crippen molar-refractivity contribution < 1.29 is 18.6 Å². The van der Waals surface area contributed by atoms with E-state index < -0.39 is 15.8 Å². The predicted octanol–water partition coefficient (Wildman–Crippen LogP) is 4.40. The van der Waals surface area contributed by atoms with Crippen LogP contribution in [-0.2, 0) is 10.0 Å². The molecule has 1 aromatic heterocycles. The minimum absolute atomic E-state index is 0.165. The molecule has 0 aliphatic carbocycles. The second kappa shape index (κ2) is 7.74. The molecule has 0 unspecified atom stereocenters. The zero-order chi connectivity index (χ0) is 21.3. The molecular formula is C21H16ClN3O4S. The van der Waals surface area contributed by atoms with Crippen LogP contribution in [0.25, 0.3) is 16.9 Å². The molecule has 4 aromatic rings. The Labute approximate surface area is 177 Å². The average Bonchev–Trinajstić information content (AvgIpc) is 3.18. The minimum Gasteiger partial charge on any atom is -0.507 e. The number of hydrogen-bond acceptors (Lipinski definition) is 5. The Kier molecular flexibility index (Phi) is 5.11. The van der Waals surface area contributed by atoms with Gasteiger partial charge < -0.3 is 10.2 Å². The summed E-state index contributed by atoms with van der Waals surface area (Å²) in [6, 6.07) is 19.1. The number of anilines is 1. The summed E-state index contributed by atoms with van der Waals surface area (Å²) < 4.78 is 29.6. The Morgan fingerprint density at radius 2 is 1.60 bits per heavy atom. The summed E-state index contributed by atoms with van der Waals surface area (Å²) in [6.45, 7) is 0. The minimum atomic E-state index is -4.13. The number of hydrogen-bond donors (Lipinski definition) is 3. The van der Waals surface area contributed by atoms with Gasteiger partial charge in [0, 0.05) is 17.3 Å². The lowest BCUT2D eigenvalue weighted by Crippen LogP contribution is -2.13. The number of phenols is 2. The number of phenolic OH excluding ortho intramolecular Hbond substituents is 2. The van der Waals surface area contributed by atoms with E-state index in [0.29, 0.717) is 22.1 Å². The molecule has 0 atom stereocenters. The first kappa shape index (κ1) is 19.8. The number of halogens is 1. The first-order valence-corrected chi connectivity index (χ1v) is 10.7. The average molecular weight is 442 g/mol. The van der Waals surface area contributed by atoms with Crippen molar-refractivity contribution in [1.29, 1.82) is 0 Å². The van der Waals surface area contributed by atoms with Crippen molar-refractivity contribution in [3.05, 3.63) is 84.0 Å². The molecule has 3 N–H and O–H groups in total. The summed E-state index contributed by atoms with van der Waals surface area (Å²) in [7, 11) is -4.13. The van der Waals surface area contributed by atoms with E-state index in [4.69, 9.17) is 11.6 Å². The van der Waals surface area contributed by atoms with Crippen LogP contribution in [0.4, 0.5) is 5.69 Å². The molecule has 9 heteroatoms. The zero-order valence-corrected chi connectivity index (χ0v) is 17.0. The van der Waals surface area contributed by atoms with Crippen LogP contribution in [0.3, 0.4) is 0 Å². The second-order valence-electron chi connectivity index (χ2n) is 6.39. The van der Waals surface area contributed by atoms with Crippen molar-refractivity contribution in [3.63, 3.8) is 0 Å². The van der Waals surface area contributed by atoms with E-state index in [9.17, 15) is 18.6 Å². The molecule has 0 saturated carbocycles. The van der Waals surface area contributed by atoms with Crippen molar-refractivity contribution in [2.24, 2.45) is 0 Å². The van der Waals surface area contributed by atoms with Gasteiger partial charge in [-0.2, -0.15) is 5.10 Å². The fraction of sp³-hybridized carbons (Fsp3) is 0. The lowest BCUT2D eigenvalue weighted by molar-refractivity contribution is 0.440. The number of sulfonamides is 1. The van der Waals surface area contributed by atoms with Crippen molar-refractivity contribution in [2.45, 2.75) is 4.90 Å². The number of nitrogens with zero attached hydrogens (tertiary/aromatic N) is 2. The van der Waals surface area contributed by atoms with Crippen molar-refractivity contribution in [2.75, 3.05) is 4.72 Å². The van der Waals surface area contributed by atoms with Crippen LogP contribution in [0, 0.1) is 0 Å². The van der Waals surface area contributed by atoms with Crippen LogP contribution in [0.5, 0.6) is 11.5 Å². The SMILES string of the molecule is O=S(=O)(Nc1ccccc1)c1cc(-c2ccnn2-c2ccccc2Cl)c(O)cc1O. The van der Waals surface area contributed by atoms with Gasteiger partial charge in [0.15, 0.2) is 0 Å². The van der Waals surface area contributed by atoms with Gasteiger partial charge in [-0.1, -0.05) is 41.9 Å². The summed E-state index contributed by atoms with van der Waals surface area (Å²) in [4.78, 5) is -0.383. The summed E-state index contributed by atoms with van der Waals surface area (Å²) in [5.41, 5.74) is 1.46. The molecule has 0 radical (unpaired) electrons. The molecule has 0 aliphatic heterocycles. The van der Waals surface area contributed by atoms with E-state index >= 15 is 0 Å². The molecule has 3 aromatic carbocycles. The van der Waals surface area contributed by atoms with Crippen LogP contribution in [0.1, 0.15) is 0 Å². The monoisotopic (exact) mass is 441 g/mol. The molecule has 0 bridgehead atoms. The Balaban J connectivity index is 1.83. The third-order valence-electron chi connectivity index (χ3n) is 4.39. The molecule has 0 saturated heterocycles. The summed E-state index contributed by atoms with van der Waals surface area (Å²) in [5, 5.41) is 25.3. The standard InChI is InChI=1S/C21H16ClN3O4S/c22-16-8-4-5-9-18(16)25-17(10-11-23-25)15-12-21(20(27)13-19(15)26)30(28,29)24-14-6-2-1-3-7-14/h1-13,24,26-27H. The van der Waals surface area contributed by atoms with Crippen molar-refractivity contribution in [3.8, 4) is 28.4 Å². The molecule has 1 heterocycles. The molecule has 152 valence electrons. The quantitative estimate of drug-likeness (QED) is 0.425. The smallest absolute Gasteiger partial charge is 0.265 e. The second-order valence-corrected chi connectivity index (χ2v) is 8.45. The van der Waals surface area contributed by atoms with E-state index in [1.54, 1.807) is 60.7 Å². The largest absolute Gasteiger partial charge is 0.507 e. The molecule has 4 rings (SSSR count). The van der Waals surface area contributed by atoms with Crippen LogP contribution >= 0.6 is 11.6 Å². The van der Waals surface area contributed by atoms with Crippen molar-refractivity contribution in [1.82, 2.24) is 9.78 Å². The van der Waals surface area contributed by atoms with E-state index in [-0.39, 0.29) is 16.2 Å². The molecule has 30 heavy (non-hydrogen) atoms. The first-order chi connectivity index (χ1) is 14.4. The molecule has 7 nitrogen and oxygen atoms in total. The molecule has 0 aliphatic rings. The highest BCUT2D eigenvalue weighted by Crippen LogP contribution is 2.38. The van der Waals surface area contributed by atoms with Gasteiger partial charge in [0.05, 0.1) is 22.6 Å². The van der Waals surface area contributed by atoms with Gasteiger partial charge in [-0.15, -0.1) is 0 Å². The number of benzene rings is 3. The topological polar surface area (TPSA) is 104 Å². The summed E-state index contributed by atoms with van der Waals surface area (Å²) >= 11 is 6.27. The fourth-order valence-corrected chi connectivity index (χ4v) is 4.40. The zero-order valence-electron chi connectivity index (χ0n) is 15.4. The lowest BCUT2D eigenvalue weighted by atomic mass is 10.1. The van der Waals surface area contributed by atoms with Gasteiger partial charge in [-0.25, -0.2) is 13.1 Å². The van der Waals surface area contributed by atoms with Gasteiger partial charge in [0.2, 0.25) is 0 Å². The number of nitrogens with one attached hydrogen (secondary N) is 1. The van der Waals surface area contributed by atoms with Crippen molar-refractivity contribution >= 4 is 27.3 Å². The first-order valence-electron chi connectivity index (χ1n) is 8.80. The van der Waals surface area contributed by atoms with E-state index in [0.717, 1.165) is 6.07 Å². The molecule has 0 fully saturated rings. The highest BCUT2D eigenvalue weighted by molar-refractivity contribution is 7.92. The third-order valence-corrected chi connectivity index (χ3v) is 6.12. The van der Waals surface area contributed by atoms with Crippen LogP contribution in [0.15, 0.2) is 83.9 Å². The summed E-state index contributed by atoms with van der Waals surface area (Å²) in [5.74, 6) is -0.886. The molecular weight excluding hydrogens is 426 g/mol. The van der Waals surface area contributed by atoms with Crippen LogP contribution in [0.2, 0.25) is 5.02 Å². The highest BCUT2D eigenvalue weighted by Gasteiger charge is 2.23. The normalized spacial score (nSPS) is 11.4. The van der Waals surface area contributed by atoms with Crippen LogP contribution in [-0.4, -0.2) is 28.4 Å². The third kappa shape index (κ3) is 3.70. The van der Waals surface area contributed by atoms with Gasteiger partial charge in [0.25, 0.3) is 10.0 Å². The molecule has 0 spiro atoms. The maximum Gasteiger partial charge on any atom is 0.265 e. The van der Waals surface area contributed by atoms with Gasteiger partial charge in [-0.05, 0) is 36.4 Å². The Bertz CT molecular complexity index is 1320. The number of rotatable bonds is 5. The maximum absolute atomic E-state index is 12.9. The Morgan fingerprint density at radius 3 is 2.33 bits per heavy atom. The van der Waals surface area contributed by atoms with E-state index in [2.05, 4.69) is 9.82 Å². The van der Waals surface area contributed by atoms with Gasteiger partial charge in [0.1, 0.15) is 16.4 Å². The Hall–Kier alpha value is -3.49. The lowest BCUT2D eigenvalue weighted by Gasteiger charge is -2.14. The fourth-order valence-electron chi connectivity index (χ4n) is 3.02. The Morgan fingerprint density at radius 1 is 0.900 bits per heavy atom. The number of para-hydroxylation sites is 2. The summed E-state index contributed by atoms with van der Waals surface area (Å²) in [6.07, 6.45) is 1.50. The predicted molar refractivity (Wildman–Crippen MR) is 115 cm³/mol. The van der Waals surface area contributed by atoms with Crippen LogP contribution < -0.4 is 4.72 Å². The molecule has 0 amide bonds. The van der Waals surface area contributed by atoms with E-state index in [1.165, 1.54) is 16.9 Å². The number of aromatic hydroxyl groups is 2.